The van der Waals surface area contributed by atoms with Gasteiger partial charge in [0, 0.05) is 10.6 Å². The monoisotopic (exact) mass is 276 g/mol. The van der Waals surface area contributed by atoms with E-state index in [9.17, 15) is 9.59 Å². The third-order valence-corrected chi connectivity index (χ3v) is 3.40. The van der Waals surface area contributed by atoms with E-state index in [1.807, 2.05) is 0 Å². The Kier molecular flexibility index (Phi) is 3.62. The molecule has 2 heterocycles. The Balaban J connectivity index is 2.26. The highest BCUT2D eigenvalue weighted by Crippen LogP contribution is 2.27. The van der Waals surface area contributed by atoms with E-state index in [0.29, 0.717) is 5.00 Å². The molecule has 2 rings (SSSR count). The van der Waals surface area contributed by atoms with Crippen molar-refractivity contribution in [3.05, 3.63) is 46.1 Å². The lowest BCUT2D eigenvalue weighted by Crippen LogP contribution is -2.14. The van der Waals surface area contributed by atoms with E-state index in [-0.39, 0.29) is 11.3 Å². The molecule has 98 valence electrons. The van der Waals surface area contributed by atoms with Crippen LogP contribution in [-0.4, -0.2) is 22.0 Å². The number of carboxylic acid groups (broad SMARTS) is 1. The van der Waals surface area contributed by atoms with E-state index >= 15 is 0 Å². The van der Waals surface area contributed by atoms with Gasteiger partial charge in [0.1, 0.15) is 10.7 Å². The number of rotatable bonds is 3. The fourth-order valence-corrected chi connectivity index (χ4v) is 2.50. The average molecular weight is 276 g/mol. The molecule has 0 atom stereocenters. The van der Waals surface area contributed by atoms with E-state index in [2.05, 4.69) is 10.3 Å². The number of thiophene rings is 1. The second kappa shape index (κ2) is 5.19. The van der Waals surface area contributed by atoms with Crippen molar-refractivity contribution in [2.24, 2.45) is 0 Å². The van der Waals surface area contributed by atoms with E-state index in [1.165, 1.54) is 17.4 Å². The molecule has 5 nitrogen and oxygen atoms in total. The second-order valence-corrected chi connectivity index (χ2v) is 5.28. The summed E-state index contributed by atoms with van der Waals surface area (Å²) in [5, 5.41) is 12.0. The summed E-state index contributed by atoms with van der Waals surface area (Å²) in [7, 11) is 0. The number of aromatic nitrogens is 1. The first-order valence-corrected chi connectivity index (χ1v) is 6.38. The number of carbonyl (C=O) groups is 2. The normalized spacial score (nSPS) is 10.2. The van der Waals surface area contributed by atoms with Crippen LogP contribution in [0.5, 0.6) is 0 Å². The molecule has 2 aromatic heterocycles. The molecule has 0 saturated carbocycles. The van der Waals surface area contributed by atoms with Gasteiger partial charge in [-0.3, -0.25) is 4.79 Å². The van der Waals surface area contributed by atoms with E-state index in [4.69, 9.17) is 5.11 Å². The molecule has 0 aliphatic carbocycles. The van der Waals surface area contributed by atoms with Gasteiger partial charge in [0.05, 0.1) is 5.56 Å². The van der Waals surface area contributed by atoms with Crippen molar-refractivity contribution in [2.45, 2.75) is 13.8 Å². The minimum atomic E-state index is -1.06. The summed E-state index contributed by atoms with van der Waals surface area (Å²) in [6.07, 6.45) is 0. The van der Waals surface area contributed by atoms with Crippen molar-refractivity contribution in [1.82, 2.24) is 4.98 Å². The lowest BCUT2D eigenvalue weighted by Gasteiger charge is -2.04. The Morgan fingerprint density at radius 2 is 2.05 bits per heavy atom. The van der Waals surface area contributed by atoms with E-state index in [1.54, 1.807) is 32.0 Å². The number of anilines is 1. The molecule has 6 heteroatoms. The minimum absolute atomic E-state index is 0.100. The largest absolute Gasteiger partial charge is 0.478 e. The Labute approximate surface area is 113 Å². The van der Waals surface area contributed by atoms with Gasteiger partial charge in [0.2, 0.25) is 0 Å². The molecule has 0 aliphatic rings. The number of amides is 1. The van der Waals surface area contributed by atoms with E-state index in [0.717, 1.165) is 10.6 Å². The second-order valence-electron chi connectivity index (χ2n) is 4.02. The summed E-state index contributed by atoms with van der Waals surface area (Å²) >= 11 is 1.23. The molecule has 2 N–H and O–H groups in total. The third-order valence-electron chi connectivity index (χ3n) is 2.43. The van der Waals surface area contributed by atoms with Gasteiger partial charge in [-0.2, -0.15) is 0 Å². The molecular formula is C13H12N2O3S. The van der Waals surface area contributed by atoms with Gasteiger partial charge in [-0.25, -0.2) is 9.78 Å². The maximum absolute atomic E-state index is 12.0. The number of carboxylic acids is 1. The topological polar surface area (TPSA) is 79.3 Å². The molecule has 0 saturated heterocycles. The van der Waals surface area contributed by atoms with Gasteiger partial charge in [-0.05, 0) is 32.0 Å². The average Bonchev–Trinajstić information content (AvgIpc) is 2.70. The maximum Gasteiger partial charge on any atom is 0.338 e. The van der Waals surface area contributed by atoms with Crippen molar-refractivity contribution >= 4 is 28.2 Å². The highest BCUT2D eigenvalue weighted by molar-refractivity contribution is 7.16. The molecule has 0 unspecified atom stereocenters. The fourth-order valence-electron chi connectivity index (χ4n) is 1.60. The van der Waals surface area contributed by atoms with Gasteiger partial charge < -0.3 is 10.4 Å². The van der Waals surface area contributed by atoms with Crippen LogP contribution < -0.4 is 5.32 Å². The molecule has 0 radical (unpaired) electrons. The molecule has 19 heavy (non-hydrogen) atoms. The summed E-state index contributed by atoms with van der Waals surface area (Å²) in [5.41, 5.74) is 1.10. The van der Waals surface area contributed by atoms with Gasteiger partial charge in [-0.15, -0.1) is 11.3 Å². The molecule has 0 spiro atoms. The zero-order chi connectivity index (χ0) is 14.0. The third kappa shape index (κ3) is 2.97. The molecular weight excluding hydrogens is 264 g/mol. The van der Waals surface area contributed by atoms with Gasteiger partial charge in [0.25, 0.3) is 5.91 Å². The van der Waals surface area contributed by atoms with Crippen LogP contribution in [0.4, 0.5) is 5.00 Å². The van der Waals surface area contributed by atoms with Crippen LogP contribution in [0.1, 0.15) is 31.4 Å². The van der Waals surface area contributed by atoms with Crippen LogP contribution in [0.25, 0.3) is 0 Å². The summed E-state index contributed by atoms with van der Waals surface area (Å²) in [6.45, 7) is 3.58. The van der Waals surface area contributed by atoms with Crippen molar-refractivity contribution < 1.29 is 14.7 Å². The molecule has 1 amide bonds. The smallest absolute Gasteiger partial charge is 0.338 e. The SMILES string of the molecule is Cc1cccc(C(=O)Nc2sc(C)cc2C(=O)O)n1. The quantitative estimate of drug-likeness (QED) is 0.903. The lowest BCUT2D eigenvalue weighted by atomic mass is 10.2. The van der Waals surface area contributed by atoms with Crippen LogP contribution in [0.15, 0.2) is 24.3 Å². The van der Waals surface area contributed by atoms with Crippen LogP contribution in [-0.2, 0) is 0 Å². The van der Waals surface area contributed by atoms with Crippen LogP contribution in [0.2, 0.25) is 0 Å². The van der Waals surface area contributed by atoms with Crippen LogP contribution in [0, 0.1) is 13.8 Å². The Morgan fingerprint density at radius 1 is 1.32 bits per heavy atom. The number of pyridine rings is 1. The first-order chi connectivity index (χ1) is 8.97. The zero-order valence-electron chi connectivity index (χ0n) is 10.4. The highest BCUT2D eigenvalue weighted by Gasteiger charge is 2.17. The Morgan fingerprint density at radius 3 is 2.68 bits per heavy atom. The minimum Gasteiger partial charge on any atom is -0.478 e. The standard InChI is InChI=1S/C13H12N2O3S/c1-7-4-3-5-10(14-7)11(16)15-12-9(13(17)18)6-8(2)19-12/h3-6H,1-2H3,(H,15,16)(H,17,18). The summed E-state index contributed by atoms with van der Waals surface area (Å²) < 4.78 is 0. The van der Waals surface area contributed by atoms with E-state index < -0.39 is 11.9 Å². The molecule has 0 aliphatic heterocycles. The number of nitrogens with one attached hydrogen (secondary N) is 1. The number of hydrogen-bond acceptors (Lipinski definition) is 4. The number of aromatic carboxylic acids is 1. The van der Waals surface area contributed by atoms with Crippen molar-refractivity contribution in [1.29, 1.82) is 0 Å². The molecule has 0 bridgehead atoms. The number of aryl methyl sites for hydroxylation is 2. The maximum atomic E-state index is 12.0. The Hall–Kier alpha value is -2.21. The van der Waals surface area contributed by atoms with Gasteiger partial charge in [0.15, 0.2) is 0 Å². The molecule has 2 aromatic rings. The van der Waals surface area contributed by atoms with Crippen LogP contribution in [0.3, 0.4) is 0 Å². The number of nitrogens with zero attached hydrogens (tertiary/aromatic N) is 1. The van der Waals surface area contributed by atoms with Gasteiger partial charge >= 0.3 is 5.97 Å². The number of hydrogen-bond donors (Lipinski definition) is 2. The summed E-state index contributed by atoms with van der Waals surface area (Å²) in [6, 6.07) is 6.64. The molecule has 0 aromatic carbocycles. The first kappa shape index (κ1) is 13.2. The lowest BCUT2D eigenvalue weighted by molar-refractivity contribution is 0.0698. The molecule has 0 fully saturated rings. The van der Waals surface area contributed by atoms with Crippen molar-refractivity contribution in [3.63, 3.8) is 0 Å². The van der Waals surface area contributed by atoms with Crippen molar-refractivity contribution in [3.8, 4) is 0 Å². The zero-order valence-corrected chi connectivity index (χ0v) is 11.2. The summed E-state index contributed by atoms with van der Waals surface area (Å²) in [5.74, 6) is -1.47. The van der Waals surface area contributed by atoms with Gasteiger partial charge in [-0.1, -0.05) is 6.07 Å². The summed E-state index contributed by atoms with van der Waals surface area (Å²) in [4.78, 5) is 28.0. The Bertz CT molecular complexity index is 649. The van der Waals surface area contributed by atoms with Crippen LogP contribution >= 0.6 is 11.3 Å². The predicted molar refractivity (Wildman–Crippen MR) is 72.9 cm³/mol. The number of carbonyl (C=O) groups excluding carboxylic acids is 1. The highest BCUT2D eigenvalue weighted by atomic mass is 32.1. The van der Waals surface area contributed by atoms with Crippen molar-refractivity contribution in [2.75, 3.05) is 5.32 Å². The first-order valence-electron chi connectivity index (χ1n) is 5.56. The fraction of sp³-hybridized carbons (Fsp3) is 0.154. The predicted octanol–water partition coefficient (Wildman–Crippen LogP) is 2.71.